The Labute approximate surface area is 201 Å². The molecule has 3 aromatic rings. The molecule has 0 bridgehead atoms. The van der Waals surface area contributed by atoms with E-state index in [0.29, 0.717) is 42.2 Å². The Bertz CT molecular complexity index is 1130. The number of halogens is 1. The zero-order chi connectivity index (χ0) is 23.4. The van der Waals surface area contributed by atoms with Crippen molar-refractivity contribution in [2.45, 2.75) is 12.1 Å². The van der Waals surface area contributed by atoms with Gasteiger partial charge in [0.25, 0.3) is 0 Å². The Morgan fingerprint density at radius 1 is 0.970 bits per heavy atom. The fourth-order valence-electron chi connectivity index (χ4n) is 3.60. The van der Waals surface area contributed by atoms with E-state index >= 15 is 0 Å². The Morgan fingerprint density at radius 2 is 1.61 bits per heavy atom. The zero-order valence-electron chi connectivity index (χ0n) is 18.4. The smallest absolute Gasteiger partial charge is 0.233 e. The van der Waals surface area contributed by atoms with Gasteiger partial charge in [-0.1, -0.05) is 23.4 Å². The van der Waals surface area contributed by atoms with Crippen molar-refractivity contribution in [2.24, 2.45) is 0 Å². The predicted octanol–water partition coefficient (Wildman–Crippen LogP) is 3.38. The third-order valence-corrected chi connectivity index (χ3v) is 6.63. The molecule has 2 amide bonds. The van der Waals surface area contributed by atoms with Gasteiger partial charge in [0.1, 0.15) is 5.75 Å². The third kappa shape index (κ3) is 5.31. The molecule has 10 heteroatoms. The number of thioether (sulfide) groups is 1. The molecule has 1 aliphatic heterocycles. The van der Waals surface area contributed by atoms with E-state index in [1.807, 2.05) is 53.1 Å². The summed E-state index contributed by atoms with van der Waals surface area (Å²) in [5.74, 6) is 1.69. The van der Waals surface area contributed by atoms with Crippen LogP contribution >= 0.6 is 23.4 Å². The summed E-state index contributed by atoms with van der Waals surface area (Å²) in [5, 5.41) is 10.0. The molecule has 0 spiro atoms. The molecule has 1 aliphatic rings. The molecular weight excluding hydrogens is 462 g/mol. The molecule has 4 rings (SSSR count). The number of hydrogen-bond acceptors (Lipinski definition) is 6. The van der Waals surface area contributed by atoms with Crippen LogP contribution in [0.4, 0.5) is 0 Å². The van der Waals surface area contributed by atoms with Crippen LogP contribution in [0.15, 0.2) is 53.7 Å². The molecule has 0 N–H and O–H groups in total. The van der Waals surface area contributed by atoms with Crippen molar-refractivity contribution in [2.75, 3.05) is 39.0 Å². The van der Waals surface area contributed by atoms with Crippen molar-refractivity contribution in [3.63, 3.8) is 0 Å². The summed E-state index contributed by atoms with van der Waals surface area (Å²) in [6.07, 6.45) is 0. The number of hydrogen-bond donors (Lipinski definition) is 0. The first kappa shape index (κ1) is 23.1. The molecule has 0 unspecified atom stereocenters. The second kappa shape index (κ2) is 10.3. The van der Waals surface area contributed by atoms with Gasteiger partial charge >= 0.3 is 0 Å². The lowest BCUT2D eigenvalue weighted by atomic mass is 10.2. The standard InChI is InChI=1S/C23H24ClN5O3S/c1-16(30)27-11-13-28(14-12-27)21(31)15-33-23-26-25-22(17-3-9-20(32-2)10-4-17)29(23)19-7-5-18(24)6-8-19/h3-10H,11-15H2,1-2H3. The van der Waals surface area contributed by atoms with Gasteiger partial charge in [0.05, 0.1) is 12.9 Å². The molecule has 8 nitrogen and oxygen atoms in total. The summed E-state index contributed by atoms with van der Waals surface area (Å²) in [5.41, 5.74) is 1.72. The Hall–Kier alpha value is -3.04. The summed E-state index contributed by atoms with van der Waals surface area (Å²) in [6, 6.07) is 15.0. The van der Waals surface area contributed by atoms with Crippen molar-refractivity contribution >= 4 is 35.2 Å². The number of nitrogens with zero attached hydrogens (tertiary/aromatic N) is 5. The minimum absolute atomic E-state index is 0.0138. The Kier molecular flexibility index (Phi) is 7.20. The van der Waals surface area contributed by atoms with E-state index in [1.54, 1.807) is 23.8 Å². The molecule has 33 heavy (non-hydrogen) atoms. The molecule has 0 aliphatic carbocycles. The number of rotatable bonds is 6. The van der Waals surface area contributed by atoms with Gasteiger partial charge in [-0.2, -0.15) is 0 Å². The van der Waals surface area contributed by atoms with Crippen LogP contribution in [0.2, 0.25) is 5.02 Å². The van der Waals surface area contributed by atoms with E-state index in [-0.39, 0.29) is 17.6 Å². The summed E-state index contributed by atoms with van der Waals surface area (Å²) < 4.78 is 7.18. The van der Waals surface area contributed by atoms with Gasteiger partial charge < -0.3 is 14.5 Å². The van der Waals surface area contributed by atoms with Gasteiger partial charge in [-0.3, -0.25) is 14.2 Å². The highest BCUT2D eigenvalue weighted by molar-refractivity contribution is 7.99. The summed E-state index contributed by atoms with van der Waals surface area (Å²) in [7, 11) is 1.62. The normalized spacial score (nSPS) is 13.8. The average molecular weight is 486 g/mol. The van der Waals surface area contributed by atoms with E-state index < -0.39 is 0 Å². The third-order valence-electron chi connectivity index (χ3n) is 5.47. The maximum absolute atomic E-state index is 12.8. The molecule has 2 heterocycles. The summed E-state index contributed by atoms with van der Waals surface area (Å²) in [4.78, 5) is 27.9. The van der Waals surface area contributed by atoms with Crippen molar-refractivity contribution in [1.82, 2.24) is 24.6 Å². The van der Waals surface area contributed by atoms with Crippen LogP contribution in [0, 0.1) is 0 Å². The van der Waals surface area contributed by atoms with Crippen LogP contribution in [-0.2, 0) is 9.59 Å². The van der Waals surface area contributed by atoms with Gasteiger partial charge in [0.15, 0.2) is 11.0 Å². The molecule has 0 radical (unpaired) electrons. The lowest BCUT2D eigenvalue weighted by Gasteiger charge is -2.34. The number of methoxy groups -OCH3 is 1. The van der Waals surface area contributed by atoms with Crippen LogP contribution < -0.4 is 4.74 Å². The van der Waals surface area contributed by atoms with E-state index in [9.17, 15) is 9.59 Å². The fourth-order valence-corrected chi connectivity index (χ4v) is 4.58. The molecule has 172 valence electrons. The molecule has 2 aromatic carbocycles. The molecule has 0 atom stereocenters. The quantitative estimate of drug-likeness (QED) is 0.498. The summed E-state index contributed by atoms with van der Waals surface area (Å²) >= 11 is 7.43. The van der Waals surface area contributed by atoms with Crippen molar-refractivity contribution in [3.8, 4) is 22.8 Å². The highest BCUT2D eigenvalue weighted by atomic mass is 35.5. The van der Waals surface area contributed by atoms with Crippen molar-refractivity contribution in [1.29, 1.82) is 0 Å². The minimum Gasteiger partial charge on any atom is -0.497 e. The van der Waals surface area contributed by atoms with Gasteiger partial charge in [-0.15, -0.1) is 10.2 Å². The highest BCUT2D eigenvalue weighted by Gasteiger charge is 2.24. The van der Waals surface area contributed by atoms with Gasteiger partial charge in [0.2, 0.25) is 11.8 Å². The lowest BCUT2D eigenvalue weighted by Crippen LogP contribution is -2.50. The van der Waals surface area contributed by atoms with E-state index in [2.05, 4.69) is 10.2 Å². The van der Waals surface area contributed by atoms with Gasteiger partial charge in [-0.25, -0.2) is 0 Å². The second-order valence-corrected chi connectivity index (χ2v) is 8.90. The molecule has 0 saturated carbocycles. The molecular formula is C23H24ClN5O3S. The summed E-state index contributed by atoms with van der Waals surface area (Å²) in [6.45, 7) is 3.76. The van der Waals surface area contributed by atoms with Crippen LogP contribution in [0.1, 0.15) is 6.92 Å². The van der Waals surface area contributed by atoms with E-state index in [1.165, 1.54) is 11.8 Å². The number of piperazine rings is 1. The maximum atomic E-state index is 12.8. The number of ether oxygens (including phenoxy) is 1. The van der Waals surface area contributed by atoms with Crippen LogP contribution in [0.5, 0.6) is 5.75 Å². The van der Waals surface area contributed by atoms with Gasteiger partial charge in [-0.05, 0) is 48.5 Å². The highest BCUT2D eigenvalue weighted by Crippen LogP contribution is 2.29. The second-order valence-electron chi connectivity index (χ2n) is 7.52. The zero-order valence-corrected chi connectivity index (χ0v) is 20.0. The number of amides is 2. The Morgan fingerprint density at radius 3 is 2.21 bits per heavy atom. The number of benzene rings is 2. The number of aromatic nitrogens is 3. The number of carbonyl (C=O) groups is 2. The lowest BCUT2D eigenvalue weighted by molar-refractivity contribution is -0.136. The SMILES string of the molecule is COc1ccc(-c2nnc(SCC(=O)N3CCN(C(C)=O)CC3)n2-c2ccc(Cl)cc2)cc1. The van der Waals surface area contributed by atoms with Crippen LogP contribution in [0.25, 0.3) is 17.1 Å². The van der Waals surface area contributed by atoms with E-state index in [0.717, 1.165) is 17.0 Å². The molecule has 1 saturated heterocycles. The van der Waals surface area contributed by atoms with Gasteiger partial charge in [0, 0.05) is 49.4 Å². The minimum atomic E-state index is 0.0138. The topological polar surface area (TPSA) is 80.6 Å². The first-order valence-electron chi connectivity index (χ1n) is 10.5. The first-order chi connectivity index (χ1) is 16.0. The monoisotopic (exact) mass is 485 g/mol. The van der Waals surface area contributed by atoms with Crippen molar-refractivity contribution in [3.05, 3.63) is 53.6 Å². The average Bonchev–Trinajstić information content (AvgIpc) is 3.27. The van der Waals surface area contributed by atoms with Crippen LogP contribution in [-0.4, -0.2) is 75.4 Å². The molecule has 1 aromatic heterocycles. The molecule has 1 fully saturated rings. The largest absolute Gasteiger partial charge is 0.497 e. The first-order valence-corrected chi connectivity index (χ1v) is 11.8. The maximum Gasteiger partial charge on any atom is 0.233 e. The van der Waals surface area contributed by atoms with Crippen LogP contribution in [0.3, 0.4) is 0 Å². The Balaban J connectivity index is 1.55. The number of carbonyl (C=O) groups excluding carboxylic acids is 2. The predicted molar refractivity (Wildman–Crippen MR) is 128 cm³/mol. The van der Waals surface area contributed by atoms with Crippen molar-refractivity contribution < 1.29 is 14.3 Å². The fraction of sp³-hybridized carbons (Fsp3) is 0.304. The van der Waals surface area contributed by atoms with E-state index in [4.69, 9.17) is 16.3 Å².